The van der Waals surface area contributed by atoms with E-state index in [9.17, 15) is 24.3 Å². The maximum Gasteiger partial charge on any atom is 0.373 e. The zero-order valence-electron chi connectivity index (χ0n) is 30.9. The van der Waals surface area contributed by atoms with Crippen LogP contribution in [0.2, 0.25) is 0 Å². The maximum atomic E-state index is 12.7. The molecule has 12 nitrogen and oxygen atoms in total. The van der Waals surface area contributed by atoms with Crippen LogP contribution in [0.25, 0.3) is 54.5 Å². The van der Waals surface area contributed by atoms with Crippen molar-refractivity contribution in [2.45, 2.75) is 180 Å². The Morgan fingerprint density at radius 1 is 0.521 bits per heavy atom. The molecule has 1 unspecified atom stereocenters. The molecule has 1 aliphatic rings. The van der Waals surface area contributed by atoms with E-state index in [0.717, 1.165) is 39.6 Å². The second-order valence-electron chi connectivity index (χ2n) is 13.0. The molecule has 0 amide bonds. The van der Waals surface area contributed by atoms with E-state index in [1.165, 1.54) is 11.6 Å². The van der Waals surface area contributed by atoms with Gasteiger partial charge in [0, 0.05) is 38.6 Å². The monoisotopic (exact) mass is 1020 g/mol. The number of benzene rings is 5. The van der Waals surface area contributed by atoms with Crippen molar-refractivity contribution >= 4 is 66.6 Å². The van der Waals surface area contributed by atoms with Crippen LogP contribution in [0.3, 0.4) is 0 Å². The van der Waals surface area contributed by atoms with Crippen LogP contribution in [0.1, 0.15) is 190 Å². The van der Waals surface area contributed by atoms with Crippen LogP contribution >= 0.6 is 0 Å². The molecule has 0 saturated heterocycles. The maximum absolute atomic E-state index is 12.7. The Bertz CT molecular complexity index is 3110. The highest BCUT2D eigenvalue weighted by atomic mass is 16.5. The summed E-state index contributed by atoms with van der Waals surface area (Å²) in [5, 5.41) is 23.0. The molecule has 5 aromatic carbocycles. The first kappa shape index (κ1) is 95.3. The van der Waals surface area contributed by atoms with E-state index in [1.54, 1.807) is 36.4 Å². The molecule has 1 atom stereocenters. The predicted octanol–water partition coefficient (Wildman–Crippen LogP) is 18.8. The fourth-order valence-corrected chi connectivity index (χ4v) is 7.03. The molecule has 0 radical (unpaired) electrons. The Morgan fingerprint density at radius 2 is 1.03 bits per heavy atom. The Labute approximate surface area is 442 Å². The molecule has 3 aromatic heterocycles. The number of ether oxygens (including phenoxy) is 1. The average Bonchev–Trinajstić information content (AvgIpc) is 3.52. The van der Waals surface area contributed by atoms with Crippen molar-refractivity contribution in [2.75, 3.05) is 0 Å². The summed E-state index contributed by atoms with van der Waals surface area (Å²) in [7, 11) is 0. The van der Waals surface area contributed by atoms with Gasteiger partial charge in [0.15, 0.2) is 0 Å². The van der Waals surface area contributed by atoms with Gasteiger partial charge in [0.05, 0.1) is 10.9 Å². The van der Waals surface area contributed by atoms with Crippen LogP contribution < -0.4 is 16.9 Å². The number of nitriles is 1. The predicted molar refractivity (Wildman–Crippen MR) is 321 cm³/mol. The van der Waals surface area contributed by atoms with E-state index >= 15 is 0 Å². The average molecular weight is 1020 g/mol. The van der Waals surface area contributed by atoms with Gasteiger partial charge in [-0.15, -0.1) is 0 Å². The molecule has 4 heterocycles. The number of carbonyl (C=O) groups is 1. The largest absolute Gasteiger partial charge is 0.506 e. The lowest BCUT2D eigenvalue weighted by atomic mass is 9.95. The quantitative estimate of drug-likeness (QED) is 0.0746. The number of phenols is 1. The van der Waals surface area contributed by atoms with Gasteiger partial charge in [-0.05, 0) is 91.8 Å². The number of hydrogen-bond donors (Lipinski definition) is 1. The van der Waals surface area contributed by atoms with Crippen LogP contribution in [0.5, 0.6) is 5.75 Å². The van der Waals surface area contributed by atoms with Crippen LogP contribution in [0.15, 0.2) is 100 Å². The number of phenolic OH excluding ortho intramolecular Hbond substituents is 1. The first-order valence-electron chi connectivity index (χ1n) is 17.5. The first-order chi connectivity index (χ1) is 26.9. The zero-order chi connectivity index (χ0) is 40.4. The molecule has 0 fully saturated rings. The Kier molecular flexibility index (Phi) is 51.3. The molecule has 0 bridgehead atoms. The normalized spacial score (nSPS) is 9.86. The van der Waals surface area contributed by atoms with Gasteiger partial charge in [0.1, 0.15) is 34.0 Å². The topological polar surface area (TPSA) is 195 Å². The second kappa shape index (κ2) is 39.3. The Balaban J connectivity index is -0.0000000704. The van der Waals surface area contributed by atoms with Crippen LogP contribution in [0.4, 0.5) is 0 Å². The molecule has 12 heteroatoms. The summed E-state index contributed by atoms with van der Waals surface area (Å²) in [6.07, 6.45) is 1.17. The number of nitrogens with zero attached hydrogens (tertiary/aromatic N) is 1. The molecular weight excluding hydrogens is 923 g/mol. The zero-order valence-corrected chi connectivity index (χ0v) is 30.9. The lowest BCUT2D eigenvalue weighted by Gasteiger charge is -2.13. The van der Waals surface area contributed by atoms with Crippen molar-refractivity contribution in [2.24, 2.45) is 0 Å². The molecule has 1 aliphatic heterocycles. The van der Waals surface area contributed by atoms with Gasteiger partial charge in [-0.1, -0.05) is 176 Å². The number of rotatable bonds is 2. The summed E-state index contributed by atoms with van der Waals surface area (Å²) < 4.78 is 21.1. The minimum absolute atomic E-state index is 0. The van der Waals surface area contributed by atoms with Crippen molar-refractivity contribution < 1.29 is 37.5 Å². The number of cyclic esters (lactones) is 1. The third kappa shape index (κ3) is 17.7. The summed E-state index contributed by atoms with van der Waals surface area (Å²) in [4.78, 5) is 63.8. The standard InChI is InChI=1S/C21H14O5.C12H12O2.C10H7NO2.CO2.17CH4/c1-3-10-7-12-15-13(8-10)25-21(24)17-16(15)19(26-20(12)23)14-9(2)5-4-6-11(14)18(17)22;1-3-9-6-8(2)10-4-5-12(13)14-11(10)7-9;1-6-3-2-4-7-9(6)8(5-11)13-10(7)12;2-1-3;;;;;;;;;;;;;;;;;/h4-8,22H,3H2,1-2H3;4-7H,3H2,1-2H3;2-4,8H,1H3;;17*1H4. The van der Waals surface area contributed by atoms with Gasteiger partial charge in [0.25, 0.3) is 0 Å². The highest BCUT2D eigenvalue weighted by Crippen LogP contribution is 2.42. The molecule has 73 heavy (non-hydrogen) atoms. The number of fused-ring (bicyclic) bond motifs is 4. The molecule has 0 spiro atoms. The fourth-order valence-electron chi connectivity index (χ4n) is 7.03. The molecule has 9 rings (SSSR count). The highest BCUT2D eigenvalue weighted by molar-refractivity contribution is 6.28. The van der Waals surface area contributed by atoms with Crippen molar-refractivity contribution in [1.29, 1.82) is 5.26 Å². The number of carbonyl (C=O) groups excluding carboxylic acids is 3. The van der Waals surface area contributed by atoms with E-state index in [0.29, 0.717) is 55.7 Å². The minimum atomic E-state index is -0.719. The molecule has 416 valence electrons. The second-order valence-corrected chi connectivity index (χ2v) is 13.0. The first-order valence-corrected chi connectivity index (χ1v) is 17.5. The van der Waals surface area contributed by atoms with Crippen LogP contribution in [0, 0.1) is 32.1 Å². The Morgan fingerprint density at radius 3 is 1.56 bits per heavy atom. The number of esters is 1. The molecular formula is C61H101NO11. The van der Waals surface area contributed by atoms with Crippen LogP contribution in [-0.4, -0.2) is 17.2 Å². The highest BCUT2D eigenvalue weighted by Gasteiger charge is 2.32. The van der Waals surface area contributed by atoms with E-state index in [4.69, 9.17) is 32.8 Å². The van der Waals surface area contributed by atoms with E-state index in [2.05, 4.69) is 13.0 Å². The van der Waals surface area contributed by atoms with Gasteiger partial charge < -0.3 is 23.1 Å². The van der Waals surface area contributed by atoms with Crippen molar-refractivity contribution in [3.63, 3.8) is 0 Å². The summed E-state index contributed by atoms with van der Waals surface area (Å²) in [5.74, 6) is -0.549. The van der Waals surface area contributed by atoms with E-state index in [1.807, 2.05) is 58.0 Å². The fraction of sp³-hybridized carbons (Fsp3) is 0.410. The van der Waals surface area contributed by atoms with Gasteiger partial charge in [-0.2, -0.15) is 14.9 Å². The van der Waals surface area contributed by atoms with Gasteiger partial charge in [-0.25, -0.2) is 19.2 Å². The minimum Gasteiger partial charge on any atom is -0.506 e. The van der Waals surface area contributed by atoms with Gasteiger partial charge in [0.2, 0.25) is 6.10 Å². The summed E-state index contributed by atoms with van der Waals surface area (Å²) in [6, 6.07) is 23.5. The number of aromatic hydroxyl groups is 1. The van der Waals surface area contributed by atoms with Crippen molar-refractivity contribution in [1.82, 2.24) is 0 Å². The van der Waals surface area contributed by atoms with E-state index < -0.39 is 23.3 Å². The van der Waals surface area contributed by atoms with Crippen molar-refractivity contribution in [3.8, 4) is 11.8 Å². The van der Waals surface area contributed by atoms with Crippen molar-refractivity contribution in [3.05, 3.63) is 143 Å². The number of hydrogen-bond acceptors (Lipinski definition) is 12. The van der Waals surface area contributed by atoms with E-state index in [-0.39, 0.29) is 149 Å². The van der Waals surface area contributed by atoms with Crippen LogP contribution in [-0.2, 0) is 27.2 Å². The smallest absolute Gasteiger partial charge is 0.373 e. The third-order valence-electron chi connectivity index (χ3n) is 9.67. The summed E-state index contributed by atoms with van der Waals surface area (Å²) >= 11 is 0. The molecule has 8 aromatic rings. The summed E-state index contributed by atoms with van der Waals surface area (Å²) in [6.45, 7) is 9.81. The molecule has 0 aliphatic carbocycles. The SMILES string of the molecule is C.C.C.C.C.C.C.C.C.C.C.C.C.C.C.C.C.CCc1cc(C)c2ccc(=O)oc2c1.CCc1cc2oc(=O)c3c(O)c4cccc(C)c4c4oc(=O)c(c1)c2c34.Cc1cccc2c1C(C#N)OC2=O.O=C=O. The van der Waals surface area contributed by atoms with Gasteiger partial charge in [-0.3, -0.25) is 0 Å². The lowest BCUT2D eigenvalue weighted by Crippen LogP contribution is -2.08. The molecule has 0 saturated carbocycles. The third-order valence-corrected chi connectivity index (χ3v) is 9.67. The van der Waals surface area contributed by atoms with Gasteiger partial charge >= 0.3 is 29.0 Å². The summed E-state index contributed by atoms with van der Waals surface area (Å²) in [5.41, 5.74) is 6.15. The number of aryl methyl sites for hydroxylation is 5. The molecule has 1 N–H and O–H groups in total. The lowest BCUT2D eigenvalue weighted by molar-refractivity contribution is -0.191. The Hall–Kier alpha value is -7.35.